The van der Waals surface area contributed by atoms with E-state index >= 15 is 0 Å². The number of aliphatic carboxylic acids is 1. The fourth-order valence-electron chi connectivity index (χ4n) is 2.56. The normalized spacial score (nSPS) is 12.8. The maximum absolute atomic E-state index is 12.0. The number of rotatable bonds is 6. The van der Waals surface area contributed by atoms with Gasteiger partial charge in [0.1, 0.15) is 5.60 Å². The molecule has 24 heavy (non-hydrogen) atoms. The van der Waals surface area contributed by atoms with Crippen LogP contribution in [0.1, 0.15) is 39.2 Å². The number of fused-ring (bicyclic) bond motifs is 1. The molecule has 2 rings (SSSR count). The van der Waals surface area contributed by atoms with Crippen LogP contribution in [0.25, 0.3) is 10.9 Å². The third-order valence-corrected chi connectivity index (χ3v) is 3.57. The Hall–Kier alpha value is -2.50. The lowest BCUT2D eigenvalue weighted by Crippen LogP contribution is -2.40. The molecule has 3 N–H and O–H groups in total. The van der Waals surface area contributed by atoms with Gasteiger partial charge in [-0.2, -0.15) is 0 Å². The summed E-state index contributed by atoms with van der Waals surface area (Å²) in [6.45, 7) is 5.37. The standard InChI is InChI=1S/C18H24N2O4/c1-18(2,3)24-17(23)20-13(8-9-16(21)22)10-12-11-19-15-7-5-4-6-14(12)15/h4-7,11,13,19H,8-10H2,1-3H3,(H,20,23)(H,21,22)/t13-/m1/s1. The number of nitrogens with one attached hydrogen (secondary N) is 2. The predicted octanol–water partition coefficient (Wildman–Crippen LogP) is 3.47. The number of carbonyl (C=O) groups is 2. The number of alkyl carbamates (subject to hydrolysis) is 1. The van der Waals surface area contributed by atoms with E-state index in [1.54, 1.807) is 20.8 Å². The van der Waals surface area contributed by atoms with Crippen LogP contribution in [0.15, 0.2) is 30.5 Å². The number of para-hydroxylation sites is 1. The van der Waals surface area contributed by atoms with Gasteiger partial charge in [-0.1, -0.05) is 18.2 Å². The lowest BCUT2D eigenvalue weighted by atomic mass is 10.0. The third kappa shape index (κ3) is 5.30. The summed E-state index contributed by atoms with van der Waals surface area (Å²) in [5.41, 5.74) is 1.46. The second-order valence-corrected chi connectivity index (χ2v) is 6.84. The number of carboxylic acid groups (broad SMARTS) is 1. The lowest BCUT2D eigenvalue weighted by Gasteiger charge is -2.23. The predicted molar refractivity (Wildman–Crippen MR) is 92.0 cm³/mol. The maximum atomic E-state index is 12.0. The molecule has 0 aliphatic carbocycles. The monoisotopic (exact) mass is 332 g/mol. The zero-order chi connectivity index (χ0) is 17.7. The first kappa shape index (κ1) is 17.8. The van der Waals surface area contributed by atoms with Gasteiger partial charge in [0, 0.05) is 29.6 Å². The van der Waals surface area contributed by atoms with Crippen LogP contribution in [-0.4, -0.2) is 33.8 Å². The summed E-state index contributed by atoms with van der Waals surface area (Å²) in [6.07, 6.45) is 2.24. The molecule has 1 aromatic carbocycles. The van der Waals surface area contributed by atoms with Gasteiger partial charge in [-0.3, -0.25) is 4.79 Å². The van der Waals surface area contributed by atoms with E-state index in [4.69, 9.17) is 9.84 Å². The molecular formula is C18H24N2O4. The minimum absolute atomic E-state index is 0.0111. The number of carboxylic acids is 1. The van der Waals surface area contributed by atoms with Gasteiger partial charge >= 0.3 is 12.1 Å². The van der Waals surface area contributed by atoms with Gasteiger partial charge in [0.2, 0.25) is 0 Å². The number of H-pyrrole nitrogens is 1. The van der Waals surface area contributed by atoms with Crippen LogP contribution in [0, 0.1) is 0 Å². The Morgan fingerprint density at radius 1 is 1.29 bits per heavy atom. The highest BCUT2D eigenvalue weighted by molar-refractivity contribution is 5.83. The van der Waals surface area contributed by atoms with Crippen LogP contribution in [-0.2, 0) is 16.0 Å². The van der Waals surface area contributed by atoms with Gasteiger partial charge in [0.25, 0.3) is 0 Å². The Morgan fingerprint density at radius 2 is 2.00 bits per heavy atom. The third-order valence-electron chi connectivity index (χ3n) is 3.57. The van der Waals surface area contributed by atoms with Crippen LogP contribution < -0.4 is 5.32 Å². The summed E-state index contributed by atoms with van der Waals surface area (Å²) in [7, 11) is 0. The molecule has 1 atom stereocenters. The lowest BCUT2D eigenvalue weighted by molar-refractivity contribution is -0.137. The molecule has 1 amide bonds. The largest absolute Gasteiger partial charge is 0.481 e. The average Bonchev–Trinajstić information content (AvgIpc) is 2.86. The molecule has 0 saturated carbocycles. The average molecular weight is 332 g/mol. The minimum atomic E-state index is -0.884. The molecule has 6 nitrogen and oxygen atoms in total. The topological polar surface area (TPSA) is 91.4 Å². The van der Waals surface area contributed by atoms with Gasteiger partial charge in [-0.05, 0) is 45.2 Å². The second-order valence-electron chi connectivity index (χ2n) is 6.84. The Kier molecular flexibility index (Phi) is 5.49. The van der Waals surface area contributed by atoms with Crippen molar-refractivity contribution in [2.24, 2.45) is 0 Å². The number of amides is 1. The maximum Gasteiger partial charge on any atom is 0.407 e. The molecule has 0 saturated heterocycles. The van der Waals surface area contributed by atoms with Gasteiger partial charge < -0.3 is 20.1 Å². The summed E-state index contributed by atoms with van der Waals surface area (Å²) in [4.78, 5) is 26.1. The molecular weight excluding hydrogens is 308 g/mol. The number of aromatic nitrogens is 1. The molecule has 0 aliphatic rings. The molecule has 130 valence electrons. The van der Waals surface area contributed by atoms with E-state index in [-0.39, 0.29) is 12.5 Å². The molecule has 2 aromatic rings. The Bertz CT molecular complexity index is 715. The number of carbonyl (C=O) groups excluding carboxylic acids is 1. The molecule has 6 heteroatoms. The van der Waals surface area contributed by atoms with E-state index in [1.807, 2.05) is 30.5 Å². The fraction of sp³-hybridized carbons (Fsp3) is 0.444. The number of benzene rings is 1. The van der Waals surface area contributed by atoms with E-state index in [9.17, 15) is 9.59 Å². The van der Waals surface area contributed by atoms with Crippen molar-refractivity contribution in [3.8, 4) is 0 Å². The van der Waals surface area contributed by atoms with E-state index in [0.29, 0.717) is 12.8 Å². The van der Waals surface area contributed by atoms with Crippen molar-refractivity contribution in [2.75, 3.05) is 0 Å². The van der Waals surface area contributed by atoms with Crippen molar-refractivity contribution in [1.29, 1.82) is 0 Å². The van der Waals surface area contributed by atoms with Gasteiger partial charge in [-0.15, -0.1) is 0 Å². The van der Waals surface area contributed by atoms with Crippen LogP contribution in [0.4, 0.5) is 4.79 Å². The summed E-state index contributed by atoms with van der Waals surface area (Å²) < 4.78 is 5.28. The highest BCUT2D eigenvalue weighted by Crippen LogP contribution is 2.20. The SMILES string of the molecule is CC(C)(C)OC(=O)N[C@H](CCC(=O)O)Cc1c[nH]c2ccccc12. The number of hydrogen-bond acceptors (Lipinski definition) is 3. The van der Waals surface area contributed by atoms with Crippen LogP contribution in [0.2, 0.25) is 0 Å². The number of aromatic amines is 1. The summed E-state index contributed by atoms with van der Waals surface area (Å²) in [5.74, 6) is -0.884. The highest BCUT2D eigenvalue weighted by Gasteiger charge is 2.21. The second kappa shape index (κ2) is 7.38. The van der Waals surface area contributed by atoms with Crippen molar-refractivity contribution in [1.82, 2.24) is 10.3 Å². The fourth-order valence-corrected chi connectivity index (χ4v) is 2.56. The van der Waals surface area contributed by atoms with E-state index in [0.717, 1.165) is 16.5 Å². The van der Waals surface area contributed by atoms with E-state index < -0.39 is 17.7 Å². The number of ether oxygens (including phenoxy) is 1. The Labute approximate surface area is 141 Å². The van der Waals surface area contributed by atoms with Crippen molar-refractivity contribution < 1.29 is 19.4 Å². The molecule has 0 spiro atoms. The first-order valence-corrected chi connectivity index (χ1v) is 8.01. The van der Waals surface area contributed by atoms with Crippen molar-refractivity contribution >= 4 is 23.0 Å². The van der Waals surface area contributed by atoms with E-state index in [1.165, 1.54) is 0 Å². The number of hydrogen-bond donors (Lipinski definition) is 3. The van der Waals surface area contributed by atoms with Crippen molar-refractivity contribution in [3.63, 3.8) is 0 Å². The molecule has 0 radical (unpaired) electrons. The minimum Gasteiger partial charge on any atom is -0.481 e. The zero-order valence-electron chi connectivity index (χ0n) is 14.3. The quantitative estimate of drug-likeness (QED) is 0.755. The summed E-state index contributed by atoms with van der Waals surface area (Å²) in [6, 6.07) is 7.57. The van der Waals surface area contributed by atoms with Crippen molar-refractivity contribution in [2.45, 2.75) is 51.7 Å². The summed E-state index contributed by atoms with van der Waals surface area (Å²) >= 11 is 0. The van der Waals surface area contributed by atoms with Gasteiger partial charge in [0.05, 0.1) is 0 Å². The molecule has 0 fully saturated rings. The van der Waals surface area contributed by atoms with E-state index in [2.05, 4.69) is 10.3 Å². The van der Waals surface area contributed by atoms with Crippen LogP contribution >= 0.6 is 0 Å². The summed E-state index contributed by atoms with van der Waals surface area (Å²) in [5, 5.41) is 12.8. The smallest absolute Gasteiger partial charge is 0.407 e. The van der Waals surface area contributed by atoms with Gasteiger partial charge in [0.15, 0.2) is 0 Å². The molecule has 1 aromatic heterocycles. The first-order chi connectivity index (χ1) is 11.2. The molecule has 0 bridgehead atoms. The van der Waals surface area contributed by atoms with Crippen LogP contribution in [0.5, 0.6) is 0 Å². The highest BCUT2D eigenvalue weighted by atomic mass is 16.6. The van der Waals surface area contributed by atoms with Gasteiger partial charge in [-0.25, -0.2) is 4.79 Å². The molecule has 0 unspecified atom stereocenters. The Morgan fingerprint density at radius 3 is 2.67 bits per heavy atom. The Balaban J connectivity index is 2.10. The molecule has 1 heterocycles. The van der Waals surface area contributed by atoms with Crippen molar-refractivity contribution in [3.05, 3.63) is 36.0 Å². The zero-order valence-corrected chi connectivity index (χ0v) is 14.3. The van der Waals surface area contributed by atoms with Crippen LogP contribution in [0.3, 0.4) is 0 Å². The molecule has 0 aliphatic heterocycles. The first-order valence-electron chi connectivity index (χ1n) is 8.01.